The van der Waals surface area contributed by atoms with Gasteiger partial charge in [0.2, 0.25) is 0 Å². The quantitative estimate of drug-likeness (QED) is 0.342. The smallest absolute Gasteiger partial charge is 0.280 e. The van der Waals surface area contributed by atoms with Crippen LogP contribution in [0.3, 0.4) is 0 Å². The number of aromatic amines is 1. The molecule has 4 aromatic rings. The minimum Gasteiger partial charge on any atom is -0.497 e. The van der Waals surface area contributed by atoms with Crippen LogP contribution in [0.2, 0.25) is 10.0 Å². The molecule has 0 saturated heterocycles. The molecule has 0 aliphatic heterocycles. The highest BCUT2D eigenvalue weighted by molar-refractivity contribution is 6.36. The molecule has 4 rings (SSSR count). The summed E-state index contributed by atoms with van der Waals surface area (Å²) in [4.78, 5) is 18.0. The summed E-state index contributed by atoms with van der Waals surface area (Å²) in [5, 5.41) is 4.00. The van der Waals surface area contributed by atoms with Crippen molar-refractivity contribution in [3.63, 3.8) is 0 Å². The van der Waals surface area contributed by atoms with E-state index in [4.69, 9.17) is 27.9 Å². The lowest BCUT2D eigenvalue weighted by Gasteiger charge is -2.06. The van der Waals surface area contributed by atoms with Gasteiger partial charge in [-0.2, -0.15) is 0 Å². The van der Waals surface area contributed by atoms with E-state index in [-0.39, 0.29) is 11.4 Å². The van der Waals surface area contributed by atoms with Gasteiger partial charge in [0.25, 0.3) is 5.56 Å². The van der Waals surface area contributed by atoms with Crippen LogP contribution < -0.4 is 10.3 Å². The summed E-state index contributed by atoms with van der Waals surface area (Å²) in [7, 11) is 1.58. The Bertz CT molecular complexity index is 1360. The van der Waals surface area contributed by atoms with Crippen LogP contribution >= 0.6 is 23.2 Å². The first kappa shape index (κ1) is 21.9. The van der Waals surface area contributed by atoms with E-state index in [2.05, 4.69) is 10.1 Å². The Kier molecular flexibility index (Phi) is 6.17. The fraction of sp³-hybridized carbons (Fsp3) is 0.0833. The van der Waals surface area contributed by atoms with Crippen molar-refractivity contribution in [3.8, 4) is 22.7 Å². The van der Waals surface area contributed by atoms with Crippen molar-refractivity contribution in [2.24, 2.45) is 4.99 Å². The van der Waals surface area contributed by atoms with Crippen molar-refractivity contribution in [3.05, 3.63) is 98.5 Å². The predicted molar refractivity (Wildman–Crippen MR) is 127 cm³/mol. The van der Waals surface area contributed by atoms with Gasteiger partial charge in [-0.25, -0.2) is 9.07 Å². The molecule has 3 aromatic carbocycles. The third kappa shape index (κ3) is 4.33. The molecule has 0 atom stereocenters. The van der Waals surface area contributed by atoms with Crippen molar-refractivity contribution in [2.45, 2.75) is 6.92 Å². The third-order valence-electron chi connectivity index (χ3n) is 4.91. The van der Waals surface area contributed by atoms with Gasteiger partial charge < -0.3 is 4.74 Å². The molecule has 0 fully saturated rings. The number of rotatable bonds is 5. The second-order valence-electron chi connectivity index (χ2n) is 7.00. The van der Waals surface area contributed by atoms with Gasteiger partial charge >= 0.3 is 0 Å². The molecule has 0 spiro atoms. The highest BCUT2D eigenvalue weighted by Gasteiger charge is 2.20. The maximum atomic E-state index is 13.4. The first-order valence-electron chi connectivity index (χ1n) is 9.63. The van der Waals surface area contributed by atoms with E-state index in [9.17, 15) is 9.18 Å². The van der Waals surface area contributed by atoms with Gasteiger partial charge in [-0.1, -0.05) is 23.2 Å². The first-order chi connectivity index (χ1) is 15.4. The SMILES string of the molecule is COc1ccc(-c2[nH]n(-c3ccc(F)cc3)c(=O)c2C(C)=Nc2ccc(Cl)cc2Cl)cc1. The molecule has 1 N–H and O–H groups in total. The Morgan fingerprint density at radius 2 is 1.72 bits per heavy atom. The molecule has 0 radical (unpaired) electrons. The van der Waals surface area contributed by atoms with Crippen LogP contribution in [-0.4, -0.2) is 22.6 Å². The van der Waals surface area contributed by atoms with Crippen molar-refractivity contribution in [2.75, 3.05) is 7.11 Å². The predicted octanol–water partition coefficient (Wildman–Crippen LogP) is 6.43. The third-order valence-corrected chi connectivity index (χ3v) is 5.45. The largest absolute Gasteiger partial charge is 0.497 e. The number of halogens is 3. The second kappa shape index (κ2) is 9.02. The molecule has 0 amide bonds. The zero-order valence-electron chi connectivity index (χ0n) is 17.2. The lowest BCUT2D eigenvalue weighted by Crippen LogP contribution is -2.19. The Morgan fingerprint density at radius 1 is 1.03 bits per heavy atom. The average Bonchev–Trinajstić information content (AvgIpc) is 3.13. The molecule has 5 nitrogen and oxygen atoms in total. The molecule has 0 unspecified atom stereocenters. The monoisotopic (exact) mass is 469 g/mol. The summed E-state index contributed by atoms with van der Waals surface area (Å²) in [5.74, 6) is 0.299. The summed E-state index contributed by atoms with van der Waals surface area (Å²) < 4.78 is 20.0. The van der Waals surface area contributed by atoms with Crippen LogP contribution in [0.15, 0.2) is 76.5 Å². The average molecular weight is 470 g/mol. The fourth-order valence-electron chi connectivity index (χ4n) is 3.32. The van der Waals surface area contributed by atoms with E-state index < -0.39 is 0 Å². The maximum absolute atomic E-state index is 13.4. The van der Waals surface area contributed by atoms with E-state index in [0.29, 0.717) is 44.1 Å². The second-order valence-corrected chi connectivity index (χ2v) is 7.84. The topological polar surface area (TPSA) is 59.4 Å². The Labute approximate surface area is 193 Å². The number of methoxy groups -OCH3 is 1. The summed E-state index contributed by atoms with van der Waals surface area (Å²) in [6, 6.07) is 17.9. The van der Waals surface area contributed by atoms with Crippen LogP contribution in [0.4, 0.5) is 10.1 Å². The number of nitrogens with zero attached hydrogens (tertiary/aromatic N) is 2. The molecule has 0 bridgehead atoms. The number of ether oxygens (including phenoxy) is 1. The van der Waals surface area contributed by atoms with Gasteiger partial charge in [0, 0.05) is 10.6 Å². The summed E-state index contributed by atoms with van der Waals surface area (Å²) >= 11 is 12.3. The zero-order chi connectivity index (χ0) is 22.8. The standard InChI is InChI=1S/C24H18Cl2FN3O2/c1-14(28-21-12-5-16(25)13-20(21)26)22-23(15-3-10-19(32-2)11-4-15)29-30(24(22)31)18-8-6-17(27)7-9-18/h3-13,29H,1-2H3. The number of nitrogens with one attached hydrogen (secondary N) is 1. The van der Waals surface area contributed by atoms with Gasteiger partial charge in [-0.15, -0.1) is 0 Å². The van der Waals surface area contributed by atoms with Crippen molar-refractivity contribution < 1.29 is 9.13 Å². The van der Waals surface area contributed by atoms with Crippen molar-refractivity contribution >= 4 is 34.6 Å². The molecule has 0 aliphatic carbocycles. The van der Waals surface area contributed by atoms with Gasteiger partial charge in [-0.3, -0.25) is 14.9 Å². The van der Waals surface area contributed by atoms with Crippen LogP contribution in [0.25, 0.3) is 16.9 Å². The van der Waals surface area contributed by atoms with E-state index in [1.807, 2.05) is 12.1 Å². The molecule has 0 saturated carbocycles. The van der Waals surface area contributed by atoms with Crippen molar-refractivity contribution in [1.82, 2.24) is 9.78 Å². The number of hydrogen-bond donors (Lipinski definition) is 1. The van der Waals surface area contributed by atoms with E-state index in [1.165, 1.54) is 28.9 Å². The molecule has 0 aliphatic rings. The summed E-state index contributed by atoms with van der Waals surface area (Å²) in [6.45, 7) is 1.73. The lowest BCUT2D eigenvalue weighted by atomic mass is 10.0. The summed E-state index contributed by atoms with van der Waals surface area (Å²) in [5.41, 5.74) is 2.81. The van der Waals surface area contributed by atoms with Gasteiger partial charge in [0.15, 0.2) is 0 Å². The normalized spacial score (nSPS) is 11.6. The van der Waals surface area contributed by atoms with Gasteiger partial charge in [0.1, 0.15) is 11.6 Å². The fourth-order valence-corrected chi connectivity index (χ4v) is 3.77. The van der Waals surface area contributed by atoms with Gasteiger partial charge in [-0.05, 0) is 73.7 Å². The number of hydrogen-bond acceptors (Lipinski definition) is 3. The first-order valence-corrected chi connectivity index (χ1v) is 10.4. The molecule has 32 heavy (non-hydrogen) atoms. The molecular formula is C24H18Cl2FN3O2. The Balaban J connectivity index is 1.91. The van der Waals surface area contributed by atoms with E-state index in [0.717, 1.165) is 5.56 Å². The molecule has 162 valence electrons. The van der Waals surface area contributed by atoms with Crippen LogP contribution in [0.5, 0.6) is 5.75 Å². The summed E-state index contributed by atoms with van der Waals surface area (Å²) in [6.07, 6.45) is 0. The molecule has 8 heteroatoms. The number of aliphatic imine (C=N–C) groups is 1. The van der Waals surface area contributed by atoms with E-state index in [1.54, 1.807) is 44.4 Å². The number of aromatic nitrogens is 2. The lowest BCUT2D eigenvalue weighted by molar-refractivity contribution is 0.415. The number of H-pyrrole nitrogens is 1. The van der Waals surface area contributed by atoms with Crippen molar-refractivity contribution in [1.29, 1.82) is 0 Å². The molecule has 1 heterocycles. The van der Waals surface area contributed by atoms with Crippen LogP contribution in [-0.2, 0) is 0 Å². The highest BCUT2D eigenvalue weighted by Crippen LogP contribution is 2.30. The Hall–Kier alpha value is -3.35. The van der Waals surface area contributed by atoms with Gasteiger partial charge in [0.05, 0.1) is 40.5 Å². The van der Waals surface area contributed by atoms with Crippen LogP contribution in [0.1, 0.15) is 12.5 Å². The zero-order valence-corrected chi connectivity index (χ0v) is 18.7. The van der Waals surface area contributed by atoms with Crippen LogP contribution in [0, 0.1) is 5.82 Å². The molecule has 1 aromatic heterocycles. The molecular weight excluding hydrogens is 452 g/mol. The Morgan fingerprint density at radius 3 is 2.34 bits per heavy atom. The minimum atomic E-state index is -0.390. The van der Waals surface area contributed by atoms with E-state index >= 15 is 0 Å². The highest BCUT2D eigenvalue weighted by atomic mass is 35.5. The minimum absolute atomic E-state index is 0.325. The maximum Gasteiger partial charge on any atom is 0.280 e. The number of benzene rings is 3.